The second-order valence-electron chi connectivity index (χ2n) is 32.3. The number of hydrogen-bond acceptors (Lipinski definition) is 6. The number of fused-ring (bicyclic) bond motifs is 9. The Balaban J connectivity index is 0.00000876. The maximum absolute atomic E-state index is 6.69. The molecular weight excluding hydrogens is 1540 g/mol. The summed E-state index contributed by atoms with van der Waals surface area (Å²) in [5, 5.41) is 6.29. The van der Waals surface area contributed by atoms with Crippen LogP contribution in [0.5, 0.6) is 0 Å². The number of rotatable bonds is 12. The van der Waals surface area contributed by atoms with Crippen molar-refractivity contribution in [3.63, 3.8) is 0 Å². The van der Waals surface area contributed by atoms with Crippen molar-refractivity contribution < 1.29 is 33.4 Å². The van der Waals surface area contributed by atoms with Crippen LogP contribution in [0.1, 0.15) is 79.0 Å². The third kappa shape index (κ3) is 12.7. The first-order valence-electron chi connectivity index (χ1n) is 38.2. The van der Waals surface area contributed by atoms with Crippen LogP contribution >= 0.6 is 0 Å². The van der Waals surface area contributed by atoms with Crippen LogP contribution in [-0.2, 0) is 36.4 Å². The molecule has 0 amide bonds. The quantitative estimate of drug-likeness (QED) is 0.113. The van der Waals surface area contributed by atoms with Crippen molar-refractivity contribution >= 4 is 65.8 Å². The van der Waals surface area contributed by atoms with Gasteiger partial charge in [-0.2, -0.15) is 0 Å². The Kier molecular flexibility index (Phi) is 17.8. The van der Waals surface area contributed by atoms with Crippen LogP contribution in [0, 0.1) is 18.2 Å². The number of furan rings is 3. The zero-order chi connectivity index (χ0) is 75.4. The average Bonchev–Trinajstić information content (AvgIpc) is 1.42. The molecule has 112 heavy (non-hydrogen) atoms. The van der Waals surface area contributed by atoms with Crippen LogP contribution in [0.3, 0.4) is 0 Å². The Labute approximate surface area is 666 Å². The molecule has 0 fully saturated rings. The molecule has 540 valence electrons. The summed E-state index contributed by atoms with van der Waals surface area (Å²) in [6, 6.07) is 116. The zero-order valence-corrected chi connectivity index (χ0v) is 66.2. The summed E-state index contributed by atoms with van der Waals surface area (Å²) in [5.41, 5.74) is 32.1. The van der Waals surface area contributed by atoms with Gasteiger partial charge in [-0.3, -0.25) is 0 Å². The fourth-order valence-electron chi connectivity index (χ4n) is 16.4. The third-order valence-corrected chi connectivity index (χ3v) is 22.2. The molecule has 0 N–H and O–H groups in total. The summed E-state index contributed by atoms with van der Waals surface area (Å²) in [5.74, 6) is 0. The fourth-order valence-corrected chi connectivity index (χ4v) is 16.4. The summed E-state index contributed by atoms with van der Waals surface area (Å²) in [6.45, 7) is 20.2. The van der Waals surface area contributed by atoms with Crippen molar-refractivity contribution in [1.82, 2.24) is 15.0 Å². The molecule has 0 saturated carbocycles. The minimum atomic E-state index is -0.103. The number of pyridine rings is 3. The summed E-state index contributed by atoms with van der Waals surface area (Å²) >= 11 is 0. The van der Waals surface area contributed by atoms with Crippen LogP contribution in [0.15, 0.2) is 323 Å². The number of aromatic nitrogens is 3. The molecule has 7 heteroatoms. The fraction of sp³-hybridized carbons (Fsp3) is 0.114. The molecule has 0 unspecified atom stereocenters. The number of benzene rings is 13. The van der Waals surface area contributed by atoms with Gasteiger partial charge < -0.3 is 28.2 Å². The predicted molar refractivity (Wildman–Crippen MR) is 460 cm³/mol. The van der Waals surface area contributed by atoms with E-state index in [1.54, 1.807) is 0 Å². The molecular formula is C105H78IrN3O3. The van der Waals surface area contributed by atoms with Gasteiger partial charge in [0.05, 0.1) is 0 Å². The van der Waals surface area contributed by atoms with Gasteiger partial charge in [-0.1, -0.05) is 294 Å². The Hall–Kier alpha value is -12.6. The summed E-state index contributed by atoms with van der Waals surface area (Å²) in [7, 11) is 0. The van der Waals surface area contributed by atoms with E-state index in [0.717, 1.165) is 200 Å². The average molecular weight is 1620 g/mol. The van der Waals surface area contributed by atoms with Crippen LogP contribution in [0.25, 0.3) is 200 Å². The van der Waals surface area contributed by atoms with Crippen LogP contribution in [0.2, 0.25) is 0 Å². The van der Waals surface area contributed by atoms with Crippen molar-refractivity contribution in [3.8, 4) is 134 Å². The molecule has 0 radical (unpaired) electrons. The smallest absolute Gasteiger partial charge is 0.456 e. The van der Waals surface area contributed by atoms with Crippen molar-refractivity contribution in [2.75, 3.05) is 0 Å². The first-order chi connectivity index (χ1) is 53.9. The van der Waals surface area contributed by atoms with E-state index in [1.807, 2.05) is 36.8 Å². The van der Waals surface area contributed by atoms with Gasteiger partial charge in [0.25, 0.3) is 0 Å². The maximum Gasteiger partial charge on any atom is 3.00 e. The molecule has 0 aliphatic rings. The molecule has 6 nitrogen and oxygen atoms in total. The monoisotopic (exact) mass is 1620 g/mol. The van der Waals surface area contributed by atoms with Crippen molar-refractivity contribution in [1.29, 1.82) is 0 Å². The van der Waals surface area contributed by atoms with E-state index in [-0.39, 0.29) is 36.4 Å². The molecule has 6 heterocycles. The molecule has 0 bridgehead atoms. The number of hydrogen-bond donors (Lipinski definition) is 0. The van der Waals surface area contributed by atoms with E-state index in [1.165, 1.54) is 16.7 Å². The second-order valence-corrected chi connectivity index (χ2v) is 32.3. The van der Waals surface area contributed by atoms with Gasteiger partial charge in [0.2, 0.25) is 0 Å². The molecule has 0 saturated heterocycles. The Morgan fingerprint density at radius 3 is 0.768 bits per heavy atom. The molecule has 0 aliphatic carbocycles. The molecule has 13 aromatic carbocycles. The summed E-state index contributed by atoms with van der Waals surface area (Å²) < 4.78 is 20.1. The SMILES string of the molecule is CC(C)(C)c1ccnc(-c2[c-]cc(-c3ccccc3-c3cc(-c4ccccc4-c4c[c-]c(-c5cc(C(C)(C)C)ccn5)cc4-c4cccc5oc6ccccc6c45)cc(-c4ccccc4-c4c[c-]c(-c5cc(C(C)(C)C)ccn5)cc4-c4cccc5oc6ccccc6c45)c3)c(-c3cccc4oc5ccccc5c34)c2)c1.[Ir+3]. The van der Waals surface area contributed by atoms with Gasteiger partial charge in [0.15, 0.2) is 0 Å². The van der Waals surface area contributed by atoms with E-state index in [2.05, 4.69) is 353 Å². The molecule has 19 aromatic rings. The van der Waals surface area contributed by atoms with E-state index in [0.29, 0.717) is 0 Å². The van der Waals surface area contributed by atoms with E-state index < -0.39 is 0 Å². The van der Waals surface area contributed by atoms with Gasteiger partial charge in [0.1, 0.15) is 33.5 Å². The van der Waals surface area contributed by atoms with Crippen LogP contribution < -0.4 is 0 Å². The van der Waals surface area contributed by atoms with E-state index >= 15 is 0 Å². The largest absolute Gasteiger partial charge is 3.00 e. The van der Waals surface area contributed by atoms with Gasteiger partial charge >= 0.3 is 20.1 Å². The van der Waals surface area contributed by atoms with Crippen molar-refractivity contribution in [3.05, 3.63) is 345 Å². The molecule has 0 aliphatic heterocycles. The third-order valence-electron chi connectivity index (χ3n) is 22.2. The molecule has 0 atom stereocenters. The topological polar surface area (TPSA) is 78.1 Å². The second kappa shape index (κ2) is 28.0. The van der Waals surface area contributed by atoms with E-state index in [9.17, 15) is 0 Å². The minimum absolute atomic E-state index is 0. The zero-order valence-electron chi connectivity index (χ0n) is 63.8. The Morgan fingerprint density at radius 1 is 0.232 bits per heavy atom. The van der Waals surface area contributed by atoms with Gasteiger partial charge in [-0.15, -0.1) is 71.3 Å². The first kappa shape index (κ1) is 71.0. The Morgan fingerprint density at radius 2 is 0.482 bits per heavy atom. The normalized spacial score (nSPS) is 12.1. The summed E-state index contributed by atoms with van der Waals surface area (Å²) in [6.07, 6.45) is 5.79. The van der Waals surface area contributed by atoms with Gasteiger partial charge in [0, 0.05) is 50.9 Å². The number of para-hydroxylation sites is 3. The van der Waals surface area contributed by atoms with Crippen LogP contribution in [0.4, 0.5) is 0 Å². The van der Waals surface area contributed by atoms with E-state index in [4.69, 9.17) is 28.2 Å². The van der Waals surface area contributed by atoms with Crippen molar-refractivity contribution in [2.24, 2.45) is 0 Å². The summed E-state index contributed by atoms with van der Waals surface area (Å²) in [4.78, 5) is 15.1. The molecule has 6 aromatic heterocycles. The predicted octanol–water partition coefficient (Wildman–Crippen LogP) is 28.9. The van der Waals surface area contributed by atoms with Gasteiger partial charge in [-0.25, -0.2) is 0 Å². The first-order valence-corrected chi connectivity index (χ1v) is 38.2. The Bertz CT molecular complexity index is 6260. The molecule has 0 spiro atoms. The van der Waals surface area contributed by atoms with Crippen molar-refractivity contribution in [2.45, 2.75) is 78.6 Å². The minimum Gasteiger partial charge on any atom is -0.456 e. The number of nitrogens with zero attached hydrogens (tertiary/aromatic N) is 3. The van der Waals surface area contributed by atoms with Gasteiger partial charge in [-0.05, 0) is 173 Å². The van der Waals surface area contributed by atoms with Crippen LogP contribution in [-0.4, -0.2) is 15.0 Å². The molecule has 19 rings (SSSR count). The standard InChI is InChI=1S/C105H78N3O3.Ir/c1-103(2,3)70-49-52-106-91(61-70)64-43-46-79(88(58-64)82-34-22-40-97-100(82)85-31-16-19-37-94(85)109-97)76-28-13-10-25-73(76)67-55-68(74-26-11-14-29-77(74)80-47-44-65(92-62-71(50-53-107-92)104(4,5)6)59-89(80)83-35-23-41-98-101(83)86-32-17-20-38-95(86)110-98)57-69(56-67)75-27-12-15-30-78(75)81-48-45-66(93-63-72(51-54-108-93)105(7,8)9)60-90(81)84-36-24-42-99-102(84)87-33-18-21-39-96(87)111-99;/h10-42,46-63H,1-9H3;/q-3;+3. The maximum atomic E-state index is 6.69.